The minimum absolute atomic E-state index is 0.138. The van der Waals surface area contributed by atoms with Gasteiger partial charge in [0.2, 0.25) is 0 Å². The molecule has 0 N–H and O–H groups in total. The van der Waals surface area contributed by atoms with E-state index in [-0.39, 0.29) is 18.0 Å². The third kappa shape index (κ3) is 8.53. The molecule has 5 heteroatoms. The molecule has 0 aromatic heterocycles. The highest BCUT2D eigenvalue weighted by Gasteiger charge is 2.45. The molecular formula is C60H61N3SSi. The molecule has 10 rings (SSSR count). The Hall–Kier alpha value is -6.01. The zero-order chi connectivity index (χ0) is 44.2. The van der Waals surface area contributed by atoms with Crippen LogP contribution < -0.4 is 5.19 Å². The van der Waals surface area contributed by atoms with Gasteiger partial charge in [-0.15, -0.1) is 0 Å². The standard InChI is InChI=1S/C60H61N3SSi/c1-44-24-22-27-47(40-44)58-61-59(48-28-23-35-52(43-48)64(49-29-12-5-13-30-49,50-31-14-6-15-32-50)51-33-16-7-17-34-51)63(3)60(62-58)55-41-45(2)42-56(57(55)46-25-10-4-11-26-46)65(53-36-18-8-19-37-53)54-38-20-9-21-39-54/h4-20,22-23,25-33,35-38,40,42-45,51,55,57,60,65H,21,24,34,39,41H2,1-3H3/t44?,45?,51?,55?,57-,60?,65?/m0/s1. The topological polar surface area (TPSA) is 28.0 Å². The number of amidine groups is 2. The van der Waals surface area contributed by atoms with Crippen LogP contribution in [0.2, 0.25) is 0 Å². The molecule has 0 saturated heterocycles. The van der Waals surface area contributed by atoms with Gasteiger partial charge in [-0.2, -0.15) is 10.0 Å². The predicted molar refractivity (Wildman–Crippen MR) is 279 cm³/mol. The second kappa shape index (κ2) is 19.2. The Morgan fingerprint density at radius 2 is 1.35 bits per heavy atom. The van der Waals surface area contributed by atoms with E-state index >= 15 is 0 Å². The fourth-order valence-corrected chi connectivity index (χ4v) is 19.6. The smallest absolute Gasteiger partial charge is 0.158 e. The van der Waals surface area contributed by atoms with Crippen LogP contribution in [-0.2, 0) is 0 Å². The first-order valence-corrected chi connectivity index (χ1v) is 27.2. The summed E-state index contributed by atoms with van der Waals surface area (Å²) in [6, 6.07) is 55.0. The molecular weight excluding hydrogens is 823 g/mol. The van der Waals surface area contributed by atoms with Crippen LogP contribution >= 0.6 is 10.0 Å². The van der Waals surface area contributed by atoms with E-state index < -0.39 is 18.8 Å². The molecule has 0 radical (unpaired) electrons. The maximum atomic E-state index is 5.84. The van der Waals surface area contributed by atoms with Crippen molar-refractivity contribution in [2.75, 3.05) is 7.05 Å². The minimum Gasteiger partial charge on any atom is -0.337 e. The first-order valence-electron chi connectivity index (χ1n) is 23.8. The van der Waals surface area contributed by atoms with Crippen LogP contribution in [-0.4, -0.2) is 43.8 Å². The minimum atomic E-state index is -1.82. The van der Waals surface area contributed by atoms with Crippen molar-refractivity contribution in [2.24, 2.45) is 27.7 Å². The molecule has 0 spiro atoms. The van der Waals surface area contributed by atoms with Gasteiger partial charge in [0.15, 0.2) is 5.84 Å². The number of hydrogen-bond donors (Lipinski definition) is 0. The molecule has 0 amide bonds. The Bertz CT molecular complexity index is 2720. The molecule has 5 aromatic carbocycles. The molecule has 0 saturated carbocycles. The SMILES string of the molecule is CC1C=C(C2=NC(C3CC(C)C=C([SiH](C4=CC=CCC4)c4ccccc4)[C@H]3c3ccccc3)N(C)C(c3cccc(S(c4ccccc4)(c4ccccc4)C4C=CC=CC4)c3)=N2)C=CC1. The van der Waals surface area contributed by atoms with Crippen LogP contribution in [0, 0.1) is 17.8 Å². The summed E-state index contributed by atoms with van der Waals surface area (Å²) in [7, 11) is -1.31. The maximum absolute atomic E-state index is 5.84. The van der Waals surface area contributed by atoms with Crippen molar-refractivity contribution >= 4 is 35.7 Å². The van der Waals surface area contributed by atoms with Crippen LogP contribution in [0.1, 0.15) is 63.0 Å². The van der Waals surface area contributed by atoms with E-state index in [9.17, 15) is 0 Å². The van der Waals surface area contributed by atoms with Gasteiger partial charge in [0.1, 0.15) is 20.8 Å². The molecule has 326 valence electrons. The third-order valence-electron chi connectivity index (χ3n) is 14.1. The van der Waals surface area contributed by atoms with Gasteiger partial charge >= 0.3 is 0 Å². The molecule has 5 aromatic rings. The number of aliphatic imine (C=N–C) groups is 2. The van der Waals surface area contributed by atoms with Crippen LogP contribution in [0.3, 0.4) is 0 Å². The van der Waals surface area contributed by atoms with Gasteiger partial charge in [-0.3, -0.25) is 0 Å². The van der Waals surface area contributed by atoms with E-state index in [2.05, 4.69) is 238 Å². The lowest BCUT2D eigenvalue weighted by Crippen LogP contribution is -2.50. The highest BCUT2D eigenvalue weighted by atomic mass is 32.3. The number of allylic oxidation sites excluding steroid dienone is 11. The number of nitrogens with zero attached hydrogens (tertiary/aromatic N) is 3. The Balaban J connectivity index is 1.14. The fraction of sp³-hybridized carbons (Fsp3) is 0.233. The summed E-state index contributed by atoms with van der Waals surface area (Å²) in [6.07, 6.45) is 31.2. The summed E-state index contributed by atoms with van der Waals surface area (Å²) in [5, 5.41) is 5.08. The second-order valence-electron chi connectivity index (χ2n) is 18.5. The predicted octanol–water partition coefficient (Wildman–Crippen LogP) is 13.6. The van der Waals surface area contributed by atoms with Gasteiger partial charge in [-0.1, -0.05) is 205 Å². The van der Waals surface area contributed by atoms with E-state index in [4.69, 9.17) is 9.98 Å². The molecule has 65 heavy (non-hydrogen) atoms. The van der Waals surface area contributed by atoms with E-state index in [0.717, 1.165) is 54.9 Å². The summed E-state index contributed by atoms with van der Waals surface area (Å²) in [5.74, 6) is 3.09. The zero-order valence-corrected chi connectivity index (χ0v) is 40.0. The lowest BCUT2D eigenvalue weighted by Gasteiger charge is -2.47. The average Bonchev–Trinajstić information content (AvgIpc) is 3.36. The third-order valence-corrected chi connectivity index (χ3v) is 21.9. The summed E-state index contributed by atoms with van der Waals surface area (Å²) in [4.78, 5) is 18.0. The van der Waals surface area contributed by atoms with E-state index in [1.54, 1.807) is 10.4 Å². The Morgan fingerprint density at radius 3 is 2.02 bits per heavy atom. The van der Waals surface area contributed by atoms with Crippen molar-refractivity contribution in [3.63, 3.8) is 0 Å². The molecule has 5 aliphatic rings. The lowest BCUT2D eigenvalue weighted by atomic mass is 9.73. The van der Waals surface area contributed by atoms with Gasteiger partial charge in [-0.05, 0) is 101 Å². The van der Waals surface area contributed by atoms with E-state index in [1.165, 1.54) is 25.4 Å². The Kier molecular flexibility index (Phi) is 12.7. The van der Waals surface area contributed by atoms with Crippen molar-refractivity contribution in [1.29, 1.82) is 0 Å². The van der Waals surface area contributed by atoms with Gasteiger partial charge in [-0.25, -0.2) is 9.98 Å². The summed E-state index contributed by atoms with van der Waals surface area (Å²) in [6.45, 7) is 4.76. The van der Waals surface area contributed by atoms with Crippen molar-refractivity contribution < 1.29 is 0 Å². The molecule has 1 heterocycles. The van der Waals surface area contributed by atoms with Crippen molar-refractivity contribution in [3.8, 4) is 0 Å². The largest absolute Gasteiger partial charge is 0.337 e. The number of rotatable bonds is 11. The molecule has 4 aliphatic carbocycles. The van der Waals surface area contributed by atoms with Crippen LogP contribution in [0.5, 0.6) is 0 Å². The molecule has 7 atom stereocenters. The first kappa shape index (κ1) is 42.9. The Morgan fingerprint density at radius 1 is 0.662 bits per heavy atom. The molecule has 3 nitrogen and oxygen atoms in total. The normalized spacial score (nSPS) is 24.9. The summed E-state index contributed by atoms with van der Waals surface area (Å²) >= 11 is 0. The second-order valence-corrected chi connectivity index (χ2v) is 24.8. The van der Waals surface area contributed by atoms with Gasteiger partial charge in [0.25, 0.3) is 0 Å². The van der Waals surface area contributed by atoms with Crippen LogP contribution in [0.15, 0.2) is 253 Å². The van der Waals surface area contributed by atoms with E-state index in [1.807, 2.05) is 0 Å². The monoisotopic (exact) mass is 883 g/mol. The van der Waals surface area contributed by atoms with Crippen LogP contribution in [0.4, 0.5) is 0 Å². The fourth-order valence-electron chi connectivity index (χ4n) is 11.3. The van der Waals surface area contributed by atoms with Gasteiger partial charge in [0.05, 0.1) is 0 Å². The summed E-state index contributed by atoms with van der Waals surface area (Å²) in [5.41, 5.74) is 3.67. The maximum Gasteiger partial charge on any atom is 0.158 e. The molecule has 1 aliphatic heterocycles. The molecule has 0 fully saturated rings. The van der Waals surface area contributed by atoms with Crippen LogP contribution in [0.25, 0.3) is 0 Å². The molecule has 6 unspecified atom stereocenters. The van der Waals surface area contributed by atoms with Crippen molar-refractivity contribution in [3.05, 3.63) is 240 Å². The lowest BCUT2D eigenvalue weighted by molar-refractivity contribution is 0.210. The van der Waals surface area contributed by atoms with E-state index in [0.29, 0.717) is 17.1 Å². The average molecular weight is 884 g/mol. The highest BCUT2D eigenvalue weighted by molar-refractivity contribution is 8.34. The molecule has 0 bridgehead atoms. The quantitative estimate of drug-likeness (QED) is 0.121. The number of hydrogen-bond acceptors (Lipinski definition) is 3. The van der Waals surface area contributed by atoms with Crippen molar-refractivity contribution in [1.82, 2.24) is 4.90 Å². The zero-order valence-electron chi connectivity index (χ0n) is 38.0. The number of benzene rings is 5. The van der Waals surface area contributed by atoms with Gasteiger partial charge in [0, 0.05) is 35.3 Å². The van der Waals surface area contributed by atoms with Crippen molar-refractivity contribution in [2.45, 2.75) is 78.0 Å². The van der Waals surface area contributed by atoms with Gasteiger partial charge < -0.3 is 4.90 Å². The highest BCUT2D eigenvalue weighted by Crippen LogP contribution is 2.72. The summed E-state index contributed by atoms with van der Waals surface area (Å²) < 4.78 is 0. The Labute approximate surface area is 390 Å². The first-order chi connectivity index (χ1) is 32.0.